The second-order valence-electron chi connectivity index (χ2n) is 7.45. The molecule has 0 spiro atoms. The number of nitrogens with one attached hydrogen (secondary N) is 1. The number of hydrogen-bond acceptors (Lipinski definition) is 4. The lowest BCUT2D eigenvalue weighted by molar-refractivity contribution is -0.139. The molecular formula is C22H27FN4O3. The summed E-state index contributed by atoms with van der Waals surface area (Å²) in [5.41, 5.74) is 1.85. The Labute approximate surface area is 175 Å². The van der Waals surface area contributed by atoms with Crippen LogP contribution in [-0.2, 0) is 16.1 Å². The molecule has 8 heteroatoms. The number of pyridine rings is 1. The van der Waals surface area contributed by atoms with Crippen LogP contribution < -0.4 is 5.32 Å². The number of amides is 3. The van der Waals surface area contributed by atoms with Gasteiger partial charge in [-0.25, -0.2) is 9.18 Å². The minimum absolute atomic E-state index is 0.0222. The molecule has 1 aromatic carbocycles. The van der Waals surface area contributed by atoms with E-state index >= 15 is 0 Å². The van der Waals surface area contributed by atoms with Crippen LogP contribution in [0.5, 0.6) is 0 Å². The second kappa shape index (κ2) is 10.2. The number of urea groups is 1. The van der Waals surface area contributed by atoms with E-state index in [2.05, 4.69) is 10.3 Å². The van der Waals surface area contributed by atoms with Crippen LogP contribution in [0.15, 0.2) is 42.7 Å². The zero-order chi connectivity index (χ0) is 21.5. The number of hydrogen-bond donors (Lipinski definition) is 1. The predicted octanol–water partition coefficient (Wildman–Crippen LogP) is 3.20. The van der Waals surface area contributed by atoms with E-state index in [1.54, 1.807) is 41.2 Å². The van der Waals surface area contributed by atoms with Crippen molar-refractivity contribution >= 4 is 17.6 Å². The number of carbonyl (C=O) groups is 2. The first kappa shape index (κ1) is 21.7. The van der Waals surface area contributed by atoms with E-state index in [1.807, 2.05) is 12.1 Å². The fourth-order valence-electron chi connectivity index (χ4n) is 3.58. The number of benzene rings is 1. The van der Waals surface area contributed by atoms with Crippen molar-refractivity contribution in [1.29, 1.82) is 0 Å². The minimum atomic E-state index is -0.364. The average Bonchev–Trinajstić information content (AvgIpc) is 2.75. The van der Waals surface area contributed by atoms with E-state index in [-0.39, 0.29) is 30.4 Å². The summed E-state index contributed by atoms with van der Waals surface area (Å²) in [5, 5.41) is 2.75. The van der Waals surface area contributed by atoms with Gasteiger partial charge in [-0.05, 0) is 49.1 Å². The zero-order valence-electron chi connectivity index (χ0n) is 17.3. The largest absolute Gasteiger partial charge is 0.375 e. The third-order valence-corrected chi connectivity index (χ3v) is 5.21. The summed E-state index contributed by atoms with van der Waals surface area (Å²) in [5.74, 6) is -0.494. The highest BCUT2D eigenvalue weighted by molar-refractivity contribution is 5.89. The summed E-state index contributed by atoms with van der Waals surface area (Å²) in [7, 11) is 1.49. The molecule has 30 heavy (non-hydrogen) atoms. The summed E-state index contributed by atoms with van der Waals surface area (Å²) in [4.78, 5) is 33.0. The lowest BCUT2D eigenvalue weighted by Crippen LogP contribution is -2.53. The minimum Gasteiger partial charge on any atom is -0.375 e. The molecule has 2 heterocycles. The van der Waals surface area contributed by atoms with Gasteiger partial charge in [-0.3, -0.25) is 9.78 Å². The molecule has 7 nitrogen and oxygen atoms in total. The van der Waals surface area contributed by atoms with Crippen LogP contribution in [-0.4, -0.2) is 59.6 Å². The van der Waals surface area contributed by atoms with Crippen molar-refractivity contribution in [3.63, 3.8) is 0 Å². The molecule has 2 aromatic rings. The van der Waals surface area contributed by atoms with Gasteiger partial charge in [-0.15, -0.1) is 0 Å². The molecule has 3 rings (SSSR count). The molecule has 1 aliphatic heterocycles. The number of likely N-dealkylation sites (tertiary alicyclic amines) is 1. The van der Waals surface area contributed by atoms with Crippen molar-refractivity contribution < 1.29 is 18.7 Å². The summed E-state index contributed by atoms with van der Waals surface area (Å²) >= 11 is 0. The highest BCUT2D eigenvalue weighted by Crippen LogP contribution is 2.20. The van der Waals surface area contributed by atoms with Gasteiger partial charge in [0.15, 0.2) is 0 Å². The number of carbonyl (C=O) groups excluding carboxylic acids is 2. The SMILES string of the molecule is COCC(=O)N(Cc1cccnc1)C1CCCN(C(=O)Nc2ccc(C)c(F)c2)C1. The molecule has 1 atom stereocenters. The quantitative estimate of drug-likeness (QED) is 0.788. The Morgan fingerprint density at radius 2 is 2.20 bits per heavy atom. The van der Waals surface area contributed by atoms with Crippen molar-refractivity contribution in [3.8, 4) is 0 Å². The van der Waals surface area contributed by atoms with Crippen molar-refractivity contribution in [2.45, 2.75) is 32.4 Å². The number of piperidine rings is 1. The van der Waals surface area contributed by atoms with Crippen LogP contribution >= 0.6 is 0 Å². The maximum Gasteiger partial charge on any atom is 0.321 e. The van der Waals surface area contributed by atoms with Crippen LogP contribution in [0, 0.1) is 12.7 Å². The molecule has 0 radical (unpaired) electrons. The smallest absolute Gasteiger partial charge is 0.321 e. The monoisotopic (exact) mass is 414 g/mol. The van der Waals surface area contributed by atoms with Crippen LogP contribution in [0.1, 0.15) is 24.0 Å². The first-order valence-electron chi connectivity index (χ1n) is 9.97. The summed E-state index contributed by atoms with van der Waals surface area (Å²) in [6, 6.07) is 7.92. The number of rotatable bonds is 6. The molecule has 0 saturated carbocycles. The third-order valence-electron chi connectivity index (χ3n) is 5.21. The van der Waals surface area contributed by atoms with E-state index in [1.165, 1.54) is 13.2 Å². The fraction of sp³-hybridized carbons (Fsp3) is 0.409. The van der Waals surface area contributed by atoms with E-state index < -0.39 is 0 Å². The second-order valence-corrected chi connectivity index (χ2v) is 7.45. The summed E-state index contributed by atoms with van der Waals surface area (Å²) in [6.07, 6.45) is 4.97. The number of methoxy groups -OCH3 is 1. The molecule has 1 saturated heterocycles. The molecule has 0 aliphatic carbocycles. The van der Waals surface area contributed by atoms with Gasteiger partial charge in [0.2, 0.25) is 5.91 Å². The number of aryl methyl sites for hydroxylation is 1. The molecular weight excluding hydrogens is 387 g/mol. The lowest BCUT2D eigenvalue weighted by Gasteiger charge is -2.39. The van der Waals surface area contributed by atoms with E-state index in [0.29, 0.717) is 30.9 Å². The van der Waals surface area contributed by atoms with Gasteiger partial charge in [0.1, 0.15) is 12.4 Å². The van der Waals surface area contributed by atoms with Crippen molar-refractivity contribution in [2.75, 3.05) is 32.1 Å². The molecule has 1 N–H and O–H groups in total. The Bertz CT molecular complexity index is 878. The topological polar surface area (TPSA) is 74.8 Å². The van der Waals surface area contributed by atoms with Gasteiger partial charge in [-0.2, -0.15) is 0 Å². The molecule has 160 valence electrons. The first-order chi connectivity index (χ1) is 14.5. The lowest BCUT2D eigenvalue weighted by atomic mass is 10.0. The molecule has 1 aromatic heterocycles. The number of anilines is 1. The Hall–Kier alpha value is -3.00. The number of ether oxygens (including phenoxy) is 1. The van der Waals surface area contributed by atoms with Gasteiger partial charge >= 0.3 is 6.03 Å². The van der Waals surface area contributed by atoms with Gasteiger partial charge in [0.25, 0.3) is 0 Å². The number of halogens is 1. The maximum atomic E-state index is 13.8. The predicted molar refractivity (Wildman–Crippen MR) is 111 cm³/mol. The first-order valence-corrected chi connectivity index (χ1v) is 9.97. The molecule has 0 bridgehead atoms. The number of nitrogens with zero attached hydrogens (tertiary/aromatic N) is 3. The Morgan fingerprint density at radius 1 is 1.37 bits per heavy atom. The van der Waals surface area contributed by atoms with Gasteiger partial charge in [0.05, 0.1) is 0 Å². The summed E-state index contributed by atoms with van der Waals surface area (Å²) < 4.78 is 18.8. The van der Waals surface area contributed by atoms with Crippen LogP contribution in [0.25, 0.3) is 0 Å². The average molecular weight is 414 g/mol. The summed E-state index contributed by atoms with van der Waals surface area (Å²) in [6.45, 7) is 3.03. The van der Waals surface area contributed by atoms with Gasteiger partial charge in [0, 0.05) is 50.9 Å². The van der Waals surface area contributed by atoms with E-state index in [9.17, 15) is 14.0 Å². The Morgan fingerprint density at radius 3 is 2.90 bits per heavy atom. The fourth-order valence-corrected chi connectivity index (χ4v) is 3.58. The zero-order valence-corrected chi connectivity index (χ0v) is 17.3. The third kappa shape index (κ3) is 5.54. The molecule has 1 unspecified atom stereocenters. The van der Waals surface area contributed by atoms with E-state index in [0.717, 1.165) is 18.4 Å². The van der Waals surface area contributed by atoms with Crippen molar-refractivity contribution in [3.05, 3.63) is 59.7 Å². The highest BCUT2D eigenvalue weighted by Gasteiger charge is 2.30. The van der Waals surface area contributed by atoms with Crippen molar-refractivity contribution in [2.24, 2.45) is 0 Å². The Balaban J connectivity index is 1.70. The standard InChI is InChI=1S/C22H27FN4O3/c1-16-7-8-18(11-20(16)23)25-22(29)26-10-4-6-19(14-26)27(21(28)15-30-2)13-17-5-3-9-24-12-17/h3,5,7-9,11-12,19H,4,6,10,13-15H2,1-2H3,(H,25,29). The van der Waals surface area contributed by atoms with Crippen molar-refractivity contribution in [1.82, 2.24) is 14.8 Å². The van der Waals surface area contributed by atoms with Gasteiger partial charge < -0.3 is 19.9 Å². The van der Waals surface area contributed by atoms with Crippen LogP contribution in [0.2, 0.25) is 0 Å². The normalized spacial score (nSPS) is 16.2. The maximum absolute atomic E-state index is 13.8. The highest BCUT2D eigenvalue weighted by atomic mass is 19.1. The van der Waals surface area contributed by atoms with E-state index in [4.69, 9.17) is 4.74 Å². The Kier molecular flexibility index (Phi) is 7.35. The molecule has 1 aliphatic rings. The van der Waals surface area contributed by atoms with Crippen LogP contribution in [0.4, 0.5) is 14.9 Å². The number of aromatic nitrogens is 1. The van der Waals surface area contributed by atoms with Crippen LogP contribution in [0.3, 0.4) is 0 Å². The molecule has 3 amide bonds. The molecule has 1 fully saturated rings. The van der Waals surface area contributed by atoms with Gasteiger partial charge in [-0.1, -0.05) is 12.1 Å².